The van der Waals surface area contributed by atoms with Gasteiger partial charge in [-0.3, -0.25) is 0 Å². The molecule has 0 bridgehead atoms. The molecular weight excluding hydrogens is 260 g/mol. The number of halogens is 2. The van der Waals surface area contributed by atoms with Crippen molar-refractivity contribution in [3.05, 3.63) is 35.7 Å². The van der Waals surface area contributed by atoms with Crippen molar-refractivity contribution >= 4 is 5.82 Å². The predicted octanol–water partition coefficient (Wildman–Crippen LogP) is 3.61. The minimum atomic E-state index is -0.632. The molecule has 1 saturated carbocycles. The topological polar surface area (TPSA) is 43.8 Å². The van der Waals surface area contributed by atoms with E-state index in [0.717, 1.165) is 24.7 Å². The number of anilines is 1. The number of aromatic nitrogens is 2. The quantitative estimate of drug-likeness (QED) is 0.911. The Hall–Kier alpha value is -1.91. The van der Waals surface area contributed by atoms with E-state index in [0.29, 0.717) is 17.4 Å². The third-order valence-corrected chi connectivity index (χ3v) is 4.08. The highest BCUT2D eigenvalue weighted by molar-refractivity contribution is 5.71. The van der Waals surface area contributed by atoms with E-state index in [4.69, 9.17) is 5.73 Å². The largest absolute Gasteiger partial charge is 0.383 e. The van der Waals surface area contributed by atoms with Gasteiger partial charge in [-0.1, -0.05) is 12.8 Å². The summed E-state index contributed by atoms with van der Waals surface area (Å²) in [5.41, 5.74) is 6.71. The van der Waals surface area contributed by atoms with Gasteiger partial charge in [0.05, 0.1) is 0 Å². The first-order valence-corrected chi connectivity index (χ1v) is 6.85. The first-order valence-electron chi connectivity index (χ1n) is 6.85. The van der Waals surface area contributed by atoms with Crippen LogP contribution in [0.2, 0.25) is 0 Å². The van der Waals surface area contributed by atoms with Gasteiger partial charge >= 0.3 is 0 Å². The van der Waals surface area contributed by atoms with Gasteiger partial charge in [-0.2, -0.15) is 0 Å². The zero-order valence-electron chi connectivity index (χ0n) is 11.4. The molecule has 106 valence electrons. The number of nitrogens with two attached hydrogens (primary N) is 1. The summed E-state index contributed by atoms with van der Waals surface area (Å²) in [6, 6.07) is 3.47. The fourth-order valence-corrected chi connectivity index (χ4v) is 2.96. The number of hydrogen-bond donors (Lipinski definition) is 1. The molecule has 0 aliphatic heterocycles. The second-order valence-electron chi connectivity index (χ2n) is 5.37. The van der Waals surface area contributed by atoms with Crippen LogP contribution in [0.4, 0.5) is 14.6 Å². The van der Waals surface area contributed by atoms with Gasteiger partial charge in [-0.15, -0.1) is 0 Å². The standard InChI is InChI=1S/C15H17F2N3/c1-20-14(18)13(11-7-6-10(16)8-12(11)17)19-15(20)9-4-2-3-5-9/h6-9H,2-5,18H2,1H3. The second kappa shape index (κ2) is 4.89. The molecule has 1 aliphatic rings. The average molecular weight is 277 g/mol. The fourth-order valence-electron chi connectivity index (χ4n) is 2.96. The zero-order chi connectivity index (χ0) is 14.3. The minimum absolute atomic E-state index is 0.253. The highest BCUT2D eigenvalue weighted by atomic mass is 19.1. The molecule has 3 rings (SSSR count). The van der Waals surface area contributed by atoms with Crippen molar-refractivity contribution in [2.24, 2.45) is 7.05 Å². The molecule has 1 aromatic carbocycles. The van der Waals surface area contributed by atoms with Gasteiger partial charge in [0.15, 0.2) is 0 Å². The zero-order valence-corrected chi connectivity index (χ0v) is 11.4. The molecule has 0 spiro atoms. The van der Waals surface area contributed by atoms with Crippen LogP contribution in [0.5, 0.6) is 0 Å². The summed E-state index contributed by atoms with van der Waals surface area (Å²) in [7, 11) is 1.85. The Balaban J connectivity index is 2.07. The number of rotatable bonds is 2. The van der Waals surface area contributed by atoms with E-state index in [1.54, 1.807) is 0 Å². The van der Waals surface area contributed by atoms with Gasteiger partial charge in [0, 0.05) is 24.6 Å². The van der Waals surface area contributed by atoms with Crippen molar-refractivity contribution in [2.45, 2.75) is 31.6 Å². The Morgan fingerprint density at radius 3 is 2.60 bits per heavy atom. The average Bonchev–Trinajstić information content (AvgIpc) is 3.01. The van der Waals surface area contributed by atoms with Crippen molar-refractivity contribution in [3.8, 4) is 11.3 Å². The smallest absolute Gasteiger partial charge is 0.135 e. The molecule has 1 aliphatic carbocycles. The van der Waals surface area contributed by atoms with E-state index in [1.807, 2.05) is 11.6 Å². The molecule has 0 unspecified atom stereocenters. The van der Waals surface area contributed by atoms with Gasteiger partial charge in [0.2, 0.25) is 0 Å². The van der Waals surface area contributed by atoms with Crippen LogP contribution in [0.3, 0.4) is 0 Å². The Morgan fingerprint density at radius 1 is 1.25 bits per heavy atom. The Labute approximate surface area is 116 Å². The van der Waals surface area contributed by atoms with Crippen LogP contribution in [-0.4, -0.2) is 9.55 Å². The van der Waals surface area contributed by atoms with Gasteiger partial charge < -0.3 is 10.3 Å². The summed E-state index contributed by atoms with van der Waals surface area (Å²) in [5.74, 6) is 0.486. The minimum Gasteiger partial charge on any atom is -0.383 e. The molecule has 2 aromatic rings. The van der Waals surface area contributed by atoms with Gasteiger partial charge in [0.1, 0.15) is 29.0 Å². The highest BCUT2D eigenvalue weighted by Gasteiger charge is 2.25. The monoisotopic (exact) mass is 277 g/mol. The van der Waals surface area contributed by atoms with Crippen molar-refractivity contribution in [1.29, 1.82) is 0 Å². The Bertz CT molecular complexity index is 643. The fraction of sp³-hybridized carbons (Fsp3) is 0.400. The molecule has 20 heavy (non-hydrogen) atoms. The molecule has 1 fully saturated rings. The van der Waals surface area contributed by atoms with E-state index in [-0.39, 0.29) is 5.56 Å². The third-order valence-electron chi connectivity index (χ3n) is 4.08. The van der Waals surface area contributed by atoms with Crippen LogP contribution in [-0.2, 0) is 7.05 Å². The molecule has 1 heterocycles. The first kappa shape index (κ1) is 13.1. The highest BCUT2D eigenvalue weighted by Crippen LogP contribution is 2.37. The number of benzene rings is 1. The SMILES string of the molecule is Cn1c(C2CCCC2)nc(-c2ccc(F)cc2F)c1N. The number of nitrogen functional groups attached to an aromatic ring is 1. The number of nitrogens with zero attached hydrogens (tertiary/aromatic N) is 2. The maximum Gasteiger partial charge on any atom is 0.135 e. The van der Waals surface area contributed by atoms with Crippen LogP contribution in [0.1, 0.15) is 37.4 Å². The molecule has 3 nitrogen and oxygen atoms in total. The lowest BCUT2D eigenvalue weighted by molar-refractivity contribution is 0.585. The van der Waals surface area contributed by atoms with Crippen molar-refractivity contribution in [2.75, 3.05) is 5.73 Å². The lowest BCUT2D eigenvalue weighted by atomic mass is 10.1. The maximum atomic E-state index is 13.9. The van der Waals surface area contributed by atoms with E-state index in [1.165, 1.54) is 25.0 Å². The molecule has 0 amide bonds. The molecule has 2 N–H and O–H groups in total. The van der Waals surface area contributed by atoms with Crippen LogP contribution >= 0.6 is 0 Å². The van der Waals surface area contributed by atoms with E-state index in [2.05, 4.69) is 4.98 Å². The van der Waals surface area contributed by atoms with Crippen LogP contribution in [0, 0.1) is 11.6 Å². The molecule has 0 radical (unpaired) electrons. The molecule has 5 heteroatoms. The third kappa shape index (κ3) is 2.07. The van der Waals surface area contributed by atoms with Gasteiger partial charge in [-0.05, 0) is 25.0 Å². The van der Waals surface area contributed by atoms with E-state index in [9.17, 15) is 8.78 Å². The lowest BCUT2D eigenvalue weighted by Gasteiger charge is -2.08. The lowest BCUT2D eigenvalue weighted by Crippen LogP contribution is -2.05. The number of imidazole rings is 1. The molecule has 1 aromatic heterocycles. The summed E-state index contributed by atoms with van der Waals surface area (Å²) in [6.07, 6.45) is 4.57. The normalized spacial score (nSPS) is 15.9. The molecular formula is C15H17F2N3. The maximum absolute atomic E-state index is 13.9. The Kier molecular flexibility index (Phi) is 3.20. The van der Waals surface area contributed by atoms with Crippen LogP contribution < -0.4 is 5.73 Å². The summed E-state index contributed by atoms with van der Waals surface area (Å²) in [4.78, 5) is 4.53. The van der Waals surface area contributed by atoms with Crippen molar-refractivity contribution in [1.82, 2.24) is 9.55 Å². The predicted molar refractivity (Wildman–Crippen MR) is 74.2 cm³/mol. The molecule has 0 saturated heterocycles. The van der Waals surface area contributed by atoms with E-state index < -0.39 is 11.6 Å². The number of hydrogen-bond acceptors (Lipinski definition) is 2. The molecule has 0 atom stereocenters. The van der Waals surface area contributed by atoms with Gasteiger partial charge in [-0.25, -0.2) is 13.8 Å². The van der Waals surface area contributed by atoms with Gasteiger partial charge in [0.25, 0.3) is 0 Å². The first-order chi connectivity index (χ1) is 9.58. The summed E-state index contributed by atoms with van der Waals surface area (Å²) < 4.78 is 28.7. The van der Waals surface area contributed by atoms with Crippen LogP contribution in [0.15, 0.2) is 18.2 Å². The summed E-state index contributed by atoms with van der Waals surface area (Å²) in [6.45, 7) is 0. The second-order valence-corrected chi connectivity index (χ2v) is 5.37. The summed E-state index contributed by atoms with van der Waals surface area (Å²) >= 11 is 0. The van der Waals surface area contributed by atoms with Crippen molar-refractivity contribution < 1.29 is 8.78 Å². The summed E-state index contributed by atoms with van der Waals surface area (Å²) in [5, 5.41) is 0. The Morgan fingerprint density at radius 2 is 1.95 bits per heavy atom. The van der Waals surface area contributed by atoms with E-state index >= 15 is 0 Å². The van der Waals surface area contributed by atoms with Crippen LogP contribution in [0.25, 0.3) is 11.3 Å². The van der Waals surface area contributed by atoms with Crippen molar-refractivity contribution in [3.63, 3.8) is 0 Å².